The van der Waals surface area contributed by atoms with Gasteiger partial charge in [0.15, 0.2) is 0 Å². The zero-order valence-corrected chi connectivity index (χ0v) is 12.9. The molecule has 0 aliphatic rings. The highest BCUT2D eigenvalue weighted by atomic mass is 19.1. The van der Waals surface area contributed by atoms with Crippen molar-refractivity contribution in [1.82, 2.24) is 9.97 Å². The smallest absolute Gasteiger partial charge is 0.252 e. The highest BCUT2D eigenvalue weighted by Crippen LogP contribution is 2.17. The van der Waals surface area contributed by atoms with E-state index < -0.39 is 11.6 Å². The third-order valence-corrected chi connectivity index (χ3v) is 3.47. The van der Waals surface area contributed by atoms with Crippen molar-refractivity contribution in [2.24, 2.45) is 0 Å². The molecule has 1 aromatic heterocycles. The molecule has 0 bridgehead atoms. The molecule has 4 nitrogen and oxygen atoms in total. The Morgan fingerprint density at radius 2 is 1.71 bits per heavy atom. The molecule has 6 heteroatoms. The summed E-state index contributed by atoms with van der Waals surface area (Å²) in [4.78, 5) is 18.7. The van der Waals surface area contributed by atoms with Crippen molar-refractivity contribution in [1.29, 1.82) is 0 Å². The lowest BCUT2D eigenvalue weighted by atomic mass is 10.1. The summed E-state index contributed by atoms with van der Waals surface area (Å²) in [6.07, 6.45) is 0. The number of anilines is 1. The van der Waals surface area contributed by atoms with Gasteiger partial charge in [-0.2, -0.15) is 0 Å². The average Bonchev–Trinajstić information content (AvgIpc) is 2.52. The number of hydrogen-bond acceptors (Lipinski definition) is 3. The third-order valence-electron chi connectivity index (χ3n) is 3.47. The molecule has 2 aromatic carbocycles. The Hall–Kier alpha value is -3.02. The molecule has 24 heavy (non-hydrogen) atoms. The van der Waals surface area contributed by atoms with Crippen LogP contribution >= 0.6 is 0 Å². The number of H-pyrrole nitrogens is 1. The highest BCUT2D eigenvalue weighted by Gasteiger charge is 2.05. The third kappa shape index (κ3) is 3.84. The molecule has 0 radical (unpaired) electrons. The van der Waals surface area contributed by atoms with Crippen molar-refractivity contribution in [3.8, 4) is 11.3 Å². The maximum absolute atomic E-state index is 13.2. The highest BCUT2D eigenvalue weighted by molar-refractivity contribution is 5.60. The number of benzene rings is 2. The fraction of sp³-hybridized carbons (Fsp3) is 0.111. The van der Waals surface area contributed by atoms with Crippen LogP contribution in [0.5, 0.6) is 0 Å². The summed E-state index contributed by atoms with van der Waals surface area (Å²) in [7, 11) is 0. The molecule has 1 heterocycles. The second-order valence-electron chi connectivity index (χ2n) is 5.48. The molecule has 2 N–H and O–H groups in total. The lowest BCUT2D eigenvalue weighted by Crippen LogP contribution is -2.13. The SMILES string of the molecule is Cc1ccc(-c2cc(=O)[nH]c(NCc3cc(F)cc(F)c3)n2)cc1. The first-order valence-electron chi connectivity index (χ1n) is 7.37. The summed E-state index contributed by atoms with van der Waals surface area (Å²) in [5.74, 6) is -1.06. The quantitative estimate of drug-likeness (QED) is 0.769. The maximum atomic E-state index is 13.2. The summed E-state index contributed by atoms with van der Waals surface area (Å²) >= 11 is 0. The fourth-order valence-electron chi connectivity index (χ4n) is 2.31. The molecule has 0 aliphatic carbocycles. The van der Waals surface area contributed by atoms with Gasteiger partial charge < -0.3 is 5.32 Å². The molecular formula is C18H15F2N3O. The van der Waals surface area contributed by atoms with Gasteiger partial charge in [-0.1, -0.05) is 29.8 Å². The number of hydrogen-bond donors (Lipinski definition) is 2. The number of halogens is 2. The van der Waals surface area contributed by atoms with Gasteiger partial charge >= 0.3 is 0 Å². The fourth-order valence-corrected chi connectivity index (χ4v) is 2.31. The van der Waals surface area contributed by atoms with Crippen LogP contribution in [0.1, 0.15) is 11.1 Å². The number of rotatable bonds is 4. The Balaban J connectivity index is 1.83. The van der Waals surface area contributed by atoms with E-state index >= 15 is 0 Å². The first-order valence-corrected chi connectivity index (χ1v) is 7.37. The van der Waals surface area contributed by atoms with Crippen molar-refractivity contribution in [3.63, 3.8) is 0 Å². The molecule has 0 amide bonds. The molecular weight excluding hydrogens is 312 g/mol. The van der Waals surface area contributed by atoms with Gasteiger partial charge in [-0.15, -0.1) is 0 Å². The number of aromatic amines is 1. The van der Waals surface area contributed by atoms with Crippen LogP contribution in [0.3, 0.4) is 0 Å². The van der Waals surface area contributed by atoms with Gasteiger partial charge in [-0.05, 0) is 24.6 Å². The van der Waals surface area contributed by atoms with E-state index in [4.69, 9.17) is 0 Å². The predicted molar refractivity (Wildman–Crippen MR) is 88.7 cm³/mol. The Bertz CT molecular complexity index is 900. The second kappa shape index (κ2) is 6.62. The lowest BCUT2D eigenvalue weighted by molar-refractivity contribution is 0.580. The van der Waals surface area contributed by atoms with Crippen LogP contribution < -0.4 is 10.9 Å². The minimum Gasteiger partial charge on any atom is -0.352 e. The van der Waals surface area contributed by atoms with Crippen LogP contribution in [0.15, 0.2) is 53.3 Å². The van der Waals surface area contributed by atoms with E-state index in [1.807, 2.05) is 31.2 Å². The van der Waals surface area contributed by atoms with Crippen LogP contribution in [0.4, 0.5) is 14.7 Å². The molecule has 0 aliphatic heterocycles. The van der Waals surface area contributed by atoms with E-state index in [2.05, 4.69) is 15.3 Å². The zero-order valence-electron chi connectivity index (χ0n) is 12.9. The van der Waals surface area contributed by atoms with Crippen molar-refractivity contribution in [3.05, 3.63) is 81.6 Å². The summed E-state index contributed by atoms with van der Waals surface area (Å²) < 4.78 is 26.4. The summed E-state index contributed by atoms with van der Waals surface area (Å²) in [6.45, 7) is 2.11. The molecule has 0 saturated carbocycles. The molecule has 0 atom stereocenters. The van der Waals surface area contributed by atoms with E-state index in [1.165, 1.54) is 18.2 Å². The Labute approximate surface area is 137 Å². The van der Waals surface area contributed by atoms with E-state index in [1.54, 1.807) is 0 Å². The van der Waals surface area contributed by atoms with E-state index in [0.29, 0.717) is 11.3 Å². The number of nitrogens with zero attached hydrogens (tertiary/aromatic N) is 1. The van der Waals surface area contributed by atoms with Crippen molar-refractivity contribution in [2.45, 2.75) is 13.5 Å². The molecule has 122 valence electrons. The maximum Gasteiger partial charge on any atom is 0.252 e. The van der Waals surface area contributed by atoms with E-state index in [-0.39, 0.29) is 18.1 Å². The summed E-state index contributed by atoms with van der Waals surface area (Å²) in [5.41, 5.74) is 2.54. The van der Waals surface area contributed by atoms with E-state index in [0.717, 1.165) is 17.2 Å². The van der Waals surface area contributed by atoms with Crippen LogP contribution in [0.25, 0.3) is 11.3 Å². The van der Waals surface area contributed by atoms with Gasteiger partial charge in [0.25, 0.3) is 5.56 Å². The second-order valence-corrected chi connectivity index (χ2v) is 5.48. The Morgan fingerprint density at radius 3 is 2.38 bits per heavy atom. The monoisotopic (exact) mass is 327 g/mol. The molecule has 3 rings (SSSR count). The standard InChI is InChI=1S/C18H15F2N3O/c1-11-2-4-13(5-3-11)16-9-17(24)23-18(22-16)21-10-12-6-14(19)8-15(20)7-12/h2-9H,10H2,1H3,(H2,21,22,23,24). The van der Waals surface area contributed by atoms with Crippen LogP contribution in [-0.4, -0.2) is 9.97 Å². The van der Waals surface area contributed by atoms with Gasteiger partial charge in [-0.25, -0.2) is 13.8 Å². The molecule has 0 spiro atoms. The van der Waals surface area contributed by atoms with Crippen LogP contribution in [0.2, 0.25) is 0 Å². The summed E-state index contributed by atoms with van der Waals surface area (Å²) in [5, 5.41) is 2.88. The number of aryl methyl sites for hydroxylation is 1. The molecule has 0 fully saturated rings. The summed E-state index contributed by atoms with van der Waals surface area (Å²) in [6, 6.07) is 12.3. The minimum atomic E-state index is -0.651. The topological polar surface area (TPSA) is 57.8 Å². The largest absolute Gasteiger partial charge is 0.352 e. The molecule has 3 aromatic rings. The Morgan fingerprint density at radius 1 is 1.04 bits per heavy atom. The van der Waals surface area contributed by atoms with Gasteiger partial charge in [0.2, 0.25) is 5.95 Å². The van der Waals surface area contributed by atoms with Crippen molar-refractivity contribution >= 4 is 5.95 Å². The zero-order chi connectivity index (χ0) is 17.1. The Kier molecular flexibility index (Phi) is 4.37. The number of aromatic nitrogens is 2. The van der Waals surface area contributed by atoms with Gasteiger partial charge in [0, 0.05) is 24.2 Å². The first kappa shape index (κ1) is 15.9. The van der Waals surface area contributed by atoms with Crippen LogP contribution in [0, 0.1) is 18.6 Å². The average molecular weight is 327 g/mol. The predicted octanol–water partition coefficient (Wildman–Crippen LogP) is 3.64. The van der Waals surface area contributed by atoms with Gasteiger partial charge in [0.1, 0.15) is 11.6 Å². The van der Waals surface area contributed by atoms with Crippen molar-refractivity contribution in [2.75, 3.05) is 5.32 Å². The van der Waals surface area contributed by atoms with Gasteiger partial charge in [0.05, 0.1) is 5.69 Å². The van der Waals surface area contributed by atoms with Crippen LogP contribution in [-0.2, 0) is 6.54 Å². The number of nitrogens with one attached hydrogen (secondary N) is 2. The van der Waals surface area contributed by atoms with E-state index in [9.17, 15) is 13.6 Å². The normalized spacial score (nSPS) is 10.6. The minimum absolute atomic E-state index is 0.134. The van der Waals surface area contributed by atoms with Crippen molar-refractivity contribution < 1.29 is 8.78 Å². The first-order chi connectivity index (χ1) is 11.5. The molecule has 0 unspecified atom stereocenters. The van der Waals surface area contributed by atoms with Gasteiger partial charge in [-0.3, -0.25) is 9.78 Å². The molecule has 0 saturated heterocycles. The lowest BCUT2D eigenvalue weighted by Gasteiger charge is -2.08.